The molecule has 92 valence electrons. The number of nitrogens with one attached hydrogen (secondary N) is 1. The van der Waals surface area contributed by atoms with Gasteiger partial charge in [0.15, 0.2) is 0 Å². The molecule has 0 atom stereocenters. The van der Waals surface area contributed by atoms with Gasteiger partial charge in [0.05, 0.1) is 0 Å². The summed E-state index contributed by atoms with van der Waals surface area (Å²) in [7, 11) is 1.69. The van der Waals surface area contributed by atoms with E-state index in [2.05, 4.69) is 5.32 Å². The van der Waals surface area contributed by atoms with Crippen LogP contribution in [-0.4, -0.2) is 18.2 Å². The van der Waals surface area contributed by atoms with E-state index in [-0.39, 0.29) is 11.8 Å². The highest BCUT2D eigenvalue weighted by molar-refractivity contribution is 6.01. The molecule has 0 saturated carbocycles. The zero-order valence-corrected chi connectivity index (χ0v) is 10.00. The van der Waals surface area contributed by atoms with Crippen LogP contribution in [0.5, 0.6) is 5.75 Å². The second-order valence-electron chi connectivity index (χ2n) is 3.88. The number of hydrogen-bond acceptors (Lipinski definition) is 2. The fourth-order valence-electron chi connectivity index (χ4n) is 1.56. The lowest BCUT2D eigenvalue weighted by atomic mass is 10.3. The first kappa shape index (κ1) is 12.0. The topological polar surface area (TPSA) is 52.6 Å². The monoisotopic (exact) mass is 242 g/mol. The average Bonchev–Trinajstić information content (AvgIpc) is 2.39. The molecular weight excluding hydrogens is 228 g/mol. The molecule has 0 saturated heterocycles. The van der Waals surface area contributed by atoms with E-state index >= 15 is 0 Å². The van der Waals surface area contributed by atoms with E-state index in [4.69, 9.17) is 0 Å². The molecule has 2 aromatic rings. The molecule has 2 amide bonds. The lowest BCUT2D eigenvalue weighted by Gasteiger charge is -2.18. The Hall–Kier alpha value is -2.49. The molecule has 2 aromatic carbocycles. The summed E-state index contributed by atoms with van der Waals surface area (Å²) in [5, 5.41) is 12.0. The Morgan fingerprint density at radius 1 is 1.11 bits per heavy atom. The van der Waals surface area contributed by atoms with Crippen molar-refractivity contribution in [3.8, 4) is 5.75 Å². The van der Waals surface area contributed by atoms with E-state index in [0.29, 0.717) is 5.69 Å². The van der Waals surface area contributed by atoms with E-state index in [9.17, 15) is 9.90 Å². The van der Waals surface area contributed by atoms with Gasteiger partial charge in [-0.3, -0.25) is 4.90 Å². The molecule has 2 N–H and O–H groups in total. The van der Waals surface area contributed by atoms with Crippen LogP contribution < -0.4 is 10.2 Å². The van der Waals surface area contributed by atoms with Crippen LogP contribution in [0, 0.1) is 0 Å². The Morgan fingerprint density at radius 3 is 2.50 bits per heavy atom. The number of nitrogens with zero attached hydrogens (tertiary/aromatic N) is 1. The van der Waals surface area contributed by atoms with Crippen molar-refractivity contribution in [2.24, 2.45) is 0 Å². The zero-order chi connectivity index (χ0) is 13.0. The maximum atomic E-state index is 12.0. The summed E-state index contributed by atoms with van der Waals surface area (Å²) in [6.07, 6.45) is 0. The first-order chi connectivity index (χ1) is 8.66. The van der Waals surface area contributed by atoms with Crippen molar-refractivity contribution in [3.63, 3.8) is 0 Å². The van der Waals surface area contributed by atoms with Gasteiger partial charge in [-0.25, -0.2) is 4.79 Å². The van der Waals surface area contributed by atoms with Crippen LogP contribution in [-0.2, 0) is 0 Å². The molecule has 0 spiro atoms. The van der Waals surface area contributed by atoms with Crippen molar-refractivity contribution in [2.45, 2.75) is 0 Å². The average molecular weight is 242 g/mol. The van der Waals surface area contributed by atoms with Gasteiger partial charge >= 0.3 is 6.03 Å². The Bertz CT molecular complexity index is 541. The molecule has 18 heavy (non-hydrogen) atoms. The maximum absolute atomic E-state index is 12.0. The number of urea groups is 1. The predicted molar refractivity (Wildman–Crippen MR) is 72.0 cm³/mol. The lowest BCUT2D eigenvalue weighted by Crippen LogP contribution is -2.30. The molecule has 0 fully saturated rings. The number of amides is 2. The summed E-state index contributed by atoms with van der Waals surface area (Å²) in [6.45, 7) is 0. The summed E-state index contributed by atoms with van der Waals surface area (Å²) in [6, 6.07) is 15.5. The molecule has 0 aliphatic rings. The quantitative estimate of drug-likeness (QED) is 0.850. The Labute approximate surface area is 105 Å². The van der Waals surface area contributed by atoms with E-state index in [1.54, 1.807) is 25.2 Å². The maximum Gasteiger partial charge on any atom is 0.326 e. The minimum Gasteiger partial charge on any atom is -0.508 e. The normalized spacial score (nSPS) is 9.83. The van der Waals surface area contributed by atoms with Crippen LogP contribution in [0.1, 0.15) is 0 Å². The van der Waals surface area contributed by atoms with Gasteiger partial charge in [0.2, 0.25) is 0 Å². The Balaban J connectivity index is 2.09. The molecule has 4 heteroatoms. The van der Waals surface area contributed by atoms with Crippen molar-refractivity contribution in [1.29, 1.82) is 0 Å². The van der Waals surface area contributed by atoms with E-state index in [1.807, 2.05) is 30.3 Å². The van der Waals surface area contributed by atoms with Crippen LogP contribution in [0.4, 0.5) is 16.2 Å². The van der Waals surface area contributed by atoms with Gasteiger partial charge < -0.3 is 10.4 Å². The number of carbonyl (C=O) groups is 1. The summed E-state index contributed by atoms with van der Waals surface area (Å²) < 4.78 is 0. The van der Waals surface area contributed by atoms with Gasteiger partial charge in [0.25, 0.3) is 0 Å². The van der Waals surface area contributed by atoms with Gasteiger partial charge in [-0.05, 0) is 24.3 Å². The predicted octanol–water partition coefficient (Wildman–Crippen LogP) is 3.06. The fraction of sp³-hybridized carbons (Fsp3) is 0.0714. The summed E-state index contributed by atoms with van der Waals surface area (Å²) >= 11 is 0. The van der Waals surface area contributed by atoms with Crippen molar-refractivity contribution < 1.29 is 9.90 Å². The van der Waals surface area contributed by atoms with E-state index in [0.717, 1.165) is 5.69 Å². The molecule has 0 heterocycles. The Morgan fingerprint density at radius 2 is 1.83 bits per heavy atom. The zero-order valence-electron chi connectivity index (χ0n) is 10.00. The minimum absolute atomic E-state index is 0.121. The smallest absolute Gasteiger partial charge is 0.326 e. The number of hydrogen-bond donors (Lipinski definition) is 2. The van der Waals surface area contributed by atoms with Crippen molar-refractivity contribution >= 4 is 17.4 Å². The molecule has 2 rings (SSSR count). The highest BCUT2D eigenvalue weighted by Crippen LogP contribution is 2.17. The highest BCUT2D eigenvalue weighted by atomic mass is 16.3. The van der Waals surface area contributed by atoms with Crippen LogP contribution >= 0.6 is 0 Å². The number of benzene rings is 2. The third-order valence-corrected chi connectivity index (χ3v) is 2.55. The van der Waals surface area contributed by atoms with Crippen molar-refractivity contribution in [2.75, 3.05) is 17.3 Å². The standard InChI is InChI=1S/C14H14N2O2/c1-16(12-7-3-2-4-8-12)14(18)15-11-6-5-9-13(17)10-11/h2-10,17H,1H3,(H,15,18). The number of rotatable bonds is 2. The van der Waals surface area contributed by atoms with Gasteiger partial charge in [-0.15, -0.1) is 0 Å². The molecule has 0 aromatic heterocycles. The number of aromatic hydroxyl groups is 1. The van der Waals surface area contributed by atoms with Crippen molar-refractivity contribution in [3.05, 3.63) is 54.6 Å². The van der Waals surface area contributed by atoms with Crippen molar-refractivity contribution in [1.82, 2.24) is 0 Å². The van der Waals surface area contributed by atoms with Crippen LogP contribution in [0.15, 0.2) is 54.6 Å². The van der Waals surface area contributed by atoms with Gasteiger partial charge in [-0.2, -0.15) is 0 Å². The lowest BCUT2D eigenvalue weighted by molar-refractivity contribution is 0.258. The second-order valence-corrected chi connectivity index (χ2v) is 3.88. The van der Waals surface area contributed by atoms with E-state index in [1.165, 1.54) is 11.0 Å². The third kappa shape index (κ3) is 2.79. The molecular formula is C14H14N2O2. The first-order valence-electron chi connectivity index (χ1n) is 5.55. The third-order valence-electron chi connectivity index (χ3n) is 2.55. The van der Waals surface area contributed by atoms with Crippen LogP contribution in [0.25, 0.3) is 0 Å². The van der Waals surface area contributed by atoms with Crippen LogP contribution in [0.2, 0.25) is 0 Å². The second kappa shape index (κ2) is 5.23. The number of anilines is 2. The summed E-state index contributed by atoms with van der Waals surface area (Å²) in [5.41, 5.74) is 1.36. The number of phenolic OH excluding ortho intramolecular Hbond substituents is 1. The van der Waals surface area contributed by atoms with Gasteiger partial charge in [0, 0.05) is 24.5 Å². The SMILES string of the molecule is CN(C(=O)Nc1cccc(O)c1)c1ccccc1. The number of para-hydroxylation sites is 1. The largest absolute Gasteiger partial charge is 0.508 e. The molecule has 0 bridgehead atoms. The van der Waals surface area contributed by atoms with Gasteiger partial charge in [-0.1, -0.05) is 24.3 Å². The summed E-state index contributed by atoms with van der Waals surface area (Å²) in [4.78, 5) is 13.5. The molecule has 0 unspecified atom stereocenters. The number of phenols is 1. The number of carbonyl (C=O) groups excluding carboxylic acids is 1. The van der Waals surface area contributed by atoms with Crippen LogP contribution in [0.3, 0.4) is 0 Å². The summed E-state index contributed by atoms with van der Waals surface area (Å²) in [5.74, 6) is 0.121. The minimum atomic E-state index is -0.258. The first-order valence-corrected chi connectivity index (χ1v) is 5.55. The van der Waals surface area contributed by atoms with Gasteiger partial charge in [0.1, 0.15) is 5.75 Å². The molecule has 4 nitrogen and oxygen atoms in total. The Kier molecular flexibility index (Phi) is 3.48. The fourth-order valence-corrected chi connectivity index (χ4v) is 1.56. The highest BCUT2D eigenvalue weighted by Gasteiger charge is 2.10. The molecule has 0 aliphatic heterocycles. The molecule has 0 aliphatic carbocycles. The molecule has 0 radical (unpaired) electrons. The van der Waals surface area contributed by atoms with E-state index < -0.39 is 0 Å².